The maximum atomic E-state index is 12.9. The molecule has 6 nitrogen and oxygen atoms in total. The van der Waals surface area contributed by atoms with E-state index in [0.29, 0.717) is 18.1 Å². The van der Waals surface area contributed by atoms with Gasteiger partial charge < -0.3 is 5.32 Å². The van der Waals surface area contributed by atoms with Gasteiger partial charge in [0, 0.05) is 30.1 Å². The Bertz CT molecular complexity index is 973. The fraction of sp³-hybridized carbons (Fsp3) is 0.565. The first-order chi connectivity index (χ1) is 14.5. The summed E-state index contributed by atoms with van der Waals surface area (Å²) in [6.07, 6.45) is 10.9. The lowest BCUT2D eigenvalue weighted by Crippen LogP contribution is -2.41. The number of amides is 1. The summed E-state index contributed by atoms with van der Waals surface area (Å²) in [6.45, 7) is 0.405. The van der Waals surface area contributed by atoms with Gasteiger partial charge in [0.05, 0.1) is 5.52 Å². The largest absolute Gasteiger partial charge is 0.353 e. The highest BCUT2D eigenvalue weighted by Crippen LogP contribution is 2.30. The highest BCUT2D eigenvalue weighted by Gasteiger charge is 2.29. The van der Waals surface area contributed by atoms with Crippen LogP contribution in [0, 0.1) is 11.8 Å². The van der Waals surface area contributed by atoms with Crippen molar-refractivity contribution in [1.29, 1.82) is 0 Å². The van der Waals surface area contributed by atoms with E-state index in [4.69, 9.17) is 0 Å². The van der Waals surface area contributed by atoms with Crippen LogP contribution in [0.5, 0.6) is 0 Å². The molecule has 30 heavy (non-hydrogen) atoms. The number of para-hydroxylation sites is 1. The molecule has 1 heterocycles. The number of carbonyl (C=O) groups excluding carboxylic acids is 1. The first-order valence-electron chi connectivity index (χ1n) is 11.2. The first kappa shape index (κ1) is 21.2. The molecule has 2 saturated carbocycles. The monoisotopic (exact) mass is 429 g/mol. The second-order valence-electron chi connectivity index (χ2n) is 8.74. The smallest absolute Gasteiger partial charge is 0.242 e. The zero-order chi connectivity index (χ0) is 21.0. The molecule has 1 aromatic heterocycles. The predicted molar refractivity (Wildman–Crippen MR) is 117 cm³/mol. The second-order valence-corrected chi connectivity index (χ2v) is 10.5. The van der Waals surface area contributed by atoms with Crippen molar-refractivity contribution >= 4 is 26.8 Å². The maximum absolute atomic E-state index is 12.9. The number of rotatable bonds is 6. The quantitative estimate of drug-likeness (QED) is 0.732. The highest BCUT2D eigenvalue weighted by molar-refractivity contribution is 7.89. The van der Waals surface area contributed by atoms with Crippen molar-refractivity contribution < 1.29 is 13.2 Å². The van der Waals surface area contributed by atoms with E-state index in [1.165, 1.54) is 19.3 Å². The second kappa shape index (κ2) is 9.43. The van der Waals surface area contributed by atoms with E-state index in [2.05, 4.69) is 15.0 Å². The normalized spacial score (nSPS) is 23.3. The van der Waals surface area contributed by atoms with Gasteiger partial charge in [-0.15, -0.1) is 0 Å². The molecule has 0 atom stereocenters. The van der Waals surface area contributed by atoms with E-state index in [-0.39, 0.29) is 22.6 Å². The third kappa shape index (κ3) is 5.01. The van der Waals surface area contributed by atoms with Crippen LogP contribution >= 0.6 is 0 Å². The number of hydrogen-bond acceptors (Lipinski definition) is 4. The Kier molecular flexibility index (Phi) is 6.68. The number of sulfonamides is 1. The lowest BCUT2D eigenvalue weighted by Gasteiger charge is -2.30. The Labute approximate surface area is 178 Å². The molecule has 2 aromatic rings. The van der Waals surface area contributed by atoms with Crippen molar-refractivity contribution in [3.63, 3.8) is 0 Å². The van der Waals surface area contributed by atoms with Gasteiger partial charge in [-0.3, -0.25) is 9.78 Å². The van der Waals surface area contributed by atoms with Crippen LogP contribution in [0.1, 0.15) is 57.8 Å². The summed E-state index contributed by atoms with van der Waals surface area (Å²) in [5.74, 6) is 0.534. The summed E-state index contributed by atoms with van der Waals surface area (Å²) in [5.41, 5.74) is 0.496. The molecule has 7 heteroatoms. The Hall–Kier alpha value is -1.99. The number of nitrogens with zero attached hydrogens (tertiary/aromatic N) is 1. The summed E-state index contributed by atoms with van der Waals surface area (Å²) < 4.78 is 28.5. The van der Waals surface area contributed by atoms with Crippen LogP contribution < -0.4 is 10.0 Å². The lowest BCUT2D eigenvalue weighted by atomic mass is 9.81. The average molecular weight is 430 g/mol. The minimum atomic E-state index is -3.63. The van der Waals surface area contributed by atoms with Gasteiger partial charge in [-0.05, 0) is 56.6 Å². The minimum absolute atomic E-state index is 0.0713. The number of hydrogen-bond donors (Lipinski definition) is 2. The van der Waals surface area contributed by atoms with Crippen molar-refractivity contribution in [3.8, 4) is 0 Å². The molecule has 2 aliphatic carbocycles. The van der Waals surface area contributed by atoms with Crippen LogP contribution in [-0.2, 0) is 14.8 Å². The Morgan fingerprint density at radius 1 is 0.967 bits per heavy atom. The van der Waals surface area contributed by atoms with Gasteiger partial charge in [0.2, 0.25) is 15.9 Å². The molecule has 0 saturated heterocycles. The van der Waals surface area contributed by atoms with Crippen LogP contribution in [-0.4, -0.2) is 31.9 Å². The van der Waals surface area contributed by atoms with Gasteiger partial charge in [-0.25, -0.2) is 13.1 Å². The third-order valence-electron chi connectivity index (χ3n) is 6.62. The molecule has 1 aromatic carbocycles. The van der Waals surface area contributed by atoms with E-state index in [1.54, 1.807) is 24.4 Å². The number of carbonyl (C=O) groups is 1. The van der Waals surface area contributed by atoms with Crippen LogP contribution in [0.4, 0.5) is 0 Å². The summed E-state index contributed by atoms with van der Waals surface area (Å²) in [5, 5.41) is 4.05. The van der Waals surface area contributed by atoms with Crippen LogP contribution in [0.2, 0.25) is 0 Å². The molecule has 0 unspecified atom stereocenters. The molecule has 4 rings (SSSR count). The molecule has 2 aliphatic rings. The van der Waals surface area contributed by atoms with E-state index in [0.717, 1.165) is 43.9 Å². The number of nitrogens with one attached hydrogen (secondary N) is 2. The standard InChI is InChI=1S/C23H31N3O3S/c27-23(26-20-8-2-1-3-9-20)19-13-11-17(12-14-19)16-25-30(28,29)21-10-4-6-18-7-5-15-24-22(18)21/h4-7,10,15,17,19-20,25H,1-3,8-9,11-14,16H2,(H,26,27). The van der Waals surface area contributed by atoms with E-state index >= 15 is 0 Å². The van der Waals surface area contributed by atoms with E-state index in [9.17, 15) is 13.2 Å². The maximum Gasteiger partial charge on any atom is 0.242 e. The average Bonchev–Trinajstić information content (AvgIpc) is 2.78. The van der Waals surface area contributed by atoms with Crippen molar-refractivity contribution in [2.75, 3.05) is 6.54 Å². The molecule has 2 fully saturated rings. The molecular weight excluding hydrogens is 398 g/mol. The Morgan fingerprint density at radius 3 is 2.47 bits per heavy atom. The molecule has 0 spiro atoms. The molecule has 2 N–H and O–H groups in total. The van der Waals surface area contributed by atoms with Gasteiger partial charge in [-0.1, -0.05) is 37.5 Å². The number of aromatic nitrogens is 1. The highest BCUT2D eigenvalue weighted by atomic mass is 32.2. The SMILES string of the molecule is O=C(NC1CCCCC1)C1CCC(CNS(=O)(=O)c2cccc3cccnc23)CC1. The van der Waals surface area contributed by atoms with Crippen molar-refractivity contribution in [2.24, 2.45) is 11.8 Å². The molecule has 0 bridgehead atoms. The van der Waals surface area contributed by atoms with Crippen LogP contribution in [0.25, 0.3) is 10.9 Å². The van der Waals surface area contributed by atoms with Crippen LogP contribution in [0.15, 0.2) is 41.4 Å². The molecular formula is C23H31N3O3S. The van der Waals surface area contributed by atoms with Crippen molar-refractivity contribution in [2.45, 2.75) is 68.7 Å². The lowest BCUT2D eigenvalue weighted by molar-refractivity contribution is -0.127. The third-order valence-corrected chi connectivity index (χ3v) is 8.07. The summed E-state index contributed by atoms with van der Waals surface area (Å²) >= 11 is 0. The minimum Gasteiger partial charge on any atom is -0.353 e. The topological polar surface area (TPSA) is 88.2 Å². The molecule has 0 aliphatic heterocycles. The van der Waals surface area contributed by atoms with Gasteiger partial charge in [0.1, 0.15) is 4.90 Å². The number of benzene rings is 1. The fourth-order valence-electron chi connectivity index (χ4n) is 4.79. The van der Waals surface area contributed by atoms with Gasteiger partial charge in [-0.2, -0.15) is 0 Å². The zero-order valence-corrected chi connectivity index (χ0v) is 18.2. The van der Waals surface area contributed by atoms with Crippen molar-refractivity contribution in [3.05, 3.63) is 36.5 Å². The van der Waals surface area contributed by atoms with Crippen LogP contribution in [0.3, 0.4) is 0 Å². The summed E-state index contributed by atoms with van der Waals surface area (Å²) in [7, 11) is -3.63. The summed E-state index contributed by atoms with van der Waals surface area (Å²) in [4.78, 5) is 17.0. The number of pyridine rings is 1. The van der Waals surface area contributed by atoms with E-state index < -0.39 is 10.0 Å². The first-order valence-corrected chi connectivity index (χ1v) is 12.6. The van der Waals surface area contributed by atoms with E-state index in [1.807, 2.05) is 12.1 Å². The van der Waals surface area contributed by atoms with Gasteiger partial charge in [0.15, 0.2) is 0 Å². The van der Waals surface area contributed by atoms with Gasteiger partial charge in [0.25, 0.3) is 0 Å². The molecule has 162 valence electrons. The Morgan fingerprint density at radius 2 is 1.70 bits per heavy atom. The molecule has 1 amide bonds. The zero-order valence-electron chi connectivity index (χ0n) is 17.3. The van der Waals surface area contributed by atoms with Crippen molar-refractivity contribution in [1.82, 2.24) is 15.0 Å². The fourth-order valence-corrected chi connectivity index (χ4v) is 6.09. The summed E-state index contributed by atoms with van der Waals surface area (Å²) in [6, 6.07) is 9.22. The van der Waals surface area contributed by atoms with Gasteiger partial charge >= 0.3 is 0 Å². The number of fused-ring (bicyclic) bond motifs is 1. The Balaban J connectivity index is 1.29. The predicted octanol–water partition coefficient (Wildman–Crippen LogP) is 3.77. The molecule has 0 radical (unpaired) electrons.